The molecule has 1 N–H and O–H groups in total. The van der Waals surface area contributed by atoms with Crippen LogP contribution in [0.2, 0.25) is 0 Å². The van der Waals surface area contributed by atoms with E-state index in [-0.39, 0.29) is 11.4 Å². The second-order valence-electron chi connectivity index (χ2n) is 6.73. The molecule has 1 aliphatic carbocycles. The molecular formula is C18H24BrFN2O2. The highest BCUT2D eigenvalue weighted by molar-refractivity contribution is 9.10. The number of carbonyl (C=O) groups is 1. The molecule has 1 amide bonds. The summed E-state index contributed by atoms with van der Waals surface area (Å²) in [6.45, 7) is 3.96. The van der Waals surface area contributed by atoms with Gasteiger partial charge in [0, 0.05) is 35.2 Å². The van der Waals surface area contributed by atoms with Crippen molar-refractivity contribution in [2.75, 3.05) is 32.8 Å². The maximum Gasteiger partial charge on any atom is 0.251 e. The van der Waals surface area contributed by atoms with E-state index in [0.717, 1.165) is 39.1 Å². The van der Waals surface area contributed by atoms with Gasteiger partial charge in [-0.05, 0) is 31.0 Å². The summed E-state index contributed by atoms with van der Waals surface area (Å²) in [6.07, 6.45) is 5.84. The summed E-state index contributed by atoms with van der Waals surface area (Å²) in [5.74, 6) is -0.622. The van der Waals surface area contributed by atoms with Crippen molar-refractivity contribution in [3.05, 3.63) is 34.1 Å². The third kappa shape index (κ3) is 4.16. The van der Waals surface area contributed by atoms with Crippen molar-refractivity contribution in [1.29, 1.82) is 0 Å². The predicted octanol–water partition coefficient (Wildman–Crippen LogP) is 3.35. The molecule has 1 aromatic carbocycles. The van der Waals surface area contributed by atoms with Crippen molar-refractivity contribution in [3.8, 4) is 0 Å². The second-order valence-corrected chi connectivity index (χ2v) is 7.64. The van der Waals surface area contributed by atoms with Crippen LogP contribution in [0.25, 0.3) is 0 Å². The van der Waals surface area contributed by atoms with Crippen LogP contribution in [-0.4, -0.2) is 49.2 Å². The Labute approximate surface area is 150 Å². The standard InChI is InChI=1S/C18H24BrFN2O2/c19-15-10-14(11-16(20)12-15)17(23)21-13-18(4-2-1-3-5-18)22-6-8-24-9-7-22/h10-12H,1-9,13H2,(H,21,23). The van der Waals surface area contributed by atoms with Gasteiger partial charge in [-0.25, -0.2) is 4.39 Å². The number of rotatable bonds is 4. The van der Waals surface area contributed by atoms with E-state index in [1.165, 1.54) is 31.4 Å². The summed E-state index contributed by atoms with van der Waals surface area (Å²) in [5, 5.41) is 3.05. The van der Waals surface area contributed by atoms with Gasteiger partial charge in [-0.1, -0.05) is 35.2 Å². The predicted molar refractivity (Wildman–Crippen MR) is 94.6 cm³/mol. The molecule has 2 fully saturated rings. The first-order valence-electron chi connectivity index (χ1n) is 8.66. The number of halogens is 2. The quantitative estimate of drug-likeness (QED) is 0.845. The largest absolute Gasteiger partial charge is 0.379 e. The van der Waals surface area contributed by atoms with Crippen molar-refractivity contribution >= 4 is 21.8 Å². The van der Waals surface area contributed by atoms with Gasteiger partial charge in [0.25, 0.3) is 5.91 Å². The molecule has 2 aliphatic rings. The molecule has 24 heavy (non-hydrogen) atoms. The summed E-state index contributed by atoms with van der Waals surface area (Å²) in [5.41, 5.74) is 0.372. The molecule has 1 heterocycles. The first kappa shape index (κ1) is 17.8. The zero-order valence-corrected chi connectivity index (χ0v) is 15.4. The van der Waals surface area contributed by atoms with Gasteiger partial charge >= 0.3 is 0 Å². The van der Waals surface area contributed by atoms with Crippen molar-refractivity contribution in [1.82, 2.24) is 10.2 Å². The normalized spacial score (nSPS) is 21.4. The molecule has 1 aromatic rings. The Kier molecular flexibility index (Phi) is 5.89. The minimum atomic E-state index is -0.407. The highest BCUT2D eigenvalue weighted by atomic mass is 79.9. The molecule has 3 rings (SSSR count). The third-order valence-electron chi connectivity index (χ3n) is 5.17. The van der Waals surface area contributed by atoms with E-state index in [2.05, 4.69) is 26.1 Å². The lowest BCUT2D eigenvalue weighted by Crippen LogP contribution is -2.59. The van der Waals surface area contributed by atoms with Gasteiger partial charge in [0.05, 0.1) is 13.2 Å². The maximum absolute atomic E-state index is 13.5. The van der Waals surface area contributed by atoms with Crippen LogP contribution >= 0.6 is 15.9 Å². The van der Waals surface area contributed by atoms with E-state index >= 15 is 0 Å². The molecule has 0 atom stereocenters. The van der Waals surface area contributed by atoms with Crippen LogP contribution in [-0.2, 0) is 4.74 Å². The average molecular weight is 399 g/mol. The molecule has 6 heteroatoms. The van der Waals surface area contributed by atoms with Crippen molar-refractivity contribution in [3.63, 3.8) is 0 Å². The van der Waals surface area contributed by atoms with Crippen LogP contribution in [0.5, 0.6) is 0 Å². The molecule has 0 bridgehead atoms. The highest BCUT2D eigenvalue weighted by Gasteiger charge is 2.38. The van der Waals surface area contributed by atoms with Crippen LogP contribution < -0.4 is 5.32 Å². The fourth-order valence-electron chi connectivity index (χ4n) is 3.88. The van der Waals surface area contributed by atoms with Gasteiger partial charge in [0.1, 0.15) is 5.82 Å². The minimum Gasteiger partial charge on any atom is -0.379 e. The zero-order chi connectivity index (χ0) is 17.0. The summed E-state index contributed by atoms with van der Waals surface area (Å²) in [7, 11) is 0. The summed E-state index contributed by atoms with van der Waals surface area (Å²) < 4.78 is 19.6. The van der Waals surface area contributed by atoms with E-state index < -0.39 is 5.82 Å². The van der Waals surface area contributed by atoms with E-state index in [1.807, 2.05) is 0 Å². The monoisotopic (exact) mass is 398 g/mol. The Morgan fingerprint density at radius 1 is 1.21 bits per heavy atom. The fourth-order valence-corrected chi connectivity index (χ4v) is 4.35. The number of carbonyl (C=O) groups excluding carboxylic acids is 1. The lowest BCUT2D eigenvalue weighted by molar-refractivity contribution is -0.0361. The van der Waals surface area contributed by atoms with Crippen molar-refractivity contribution in [2.45, 2.75) is 37.6 Å². The van der Waals surface area contributed by atoms with E-state index in [9.17, 15) is 9.18 Å². The minimum absolute atomic E-state index is 0.0161. The zero-order valence-electron chi connectivity index (χ0n) is 13.8. The van der Waals surface area contributed by atoms with Crippen LogP contribution in [0.1, 0.15) is 42.5 Å². The Balaban J connectivity index is 1.69. The molecule has 4 nitrogen and oxygen atoms in total. The van der Waals surface area contributed by atoms with Gasteiger partial charge < -0.3 is 10.1 Å². The Morgan fingerprint density at radius 2 is 1.92 bits per heavy atom. The summed E-state index contributed by atoms with van der Waals surface area (Å²) >= 11 is 3.24. The average Bonchev–Trinajstić information content (AvgIpc) is 2.60. The Bertz CT molecular complexity index is 564. The number of benzene rings is 1. The van der Waals surface area contributed by atoms with Gasteiger partial charge in [-0.15, -0.1) is 0 Å². The van der Waals surface area contributed by atoms with E-state index in [1.54, 1.807) is 6.07 Å². The van der Waals surface area contributed by atoms with Crippen LogP contribution in [0.4, 0.5) is 4.39 Å². The molecule has 1 saturated carbocycles. The lowest BCUT2D eigenvalue weighted by Gasteiger charge is -2.48. The SMILES string of the molecule is O=C(NCC1(N2CCOCC2)CCCCC1)c1cc(F)cc(Br)c1. The summed E-state index contributed by atoms with van der Waals surface area (Å²) in [4.78, 5) is 15.0. The Morgan fingerprint density at radius 3 is 2.58 bits per heavy atom. The van der Waals surface area contributed by atoms with E-state index in [4.69, 9.17) is 4.74 Å². The molecule has 1 aliphatic heterocycles. The highest BCUT2D eigenvalue weighted by Crippen LogP contribution is 2.34. The molecule has 132 valence electrons. The number of amides is 1. The van der Waals surface area contributed by atoms with Gasteiger partial charge in [0.15, 0.2) is 0 Å². The molecule has 1 saturated heterocycles. The van der Waals surface area contributed by atoms with Crippen LogP contribution in [0.3, 0.4) is 0 Å². The van der Waals surface area contributed by atoms with Crippen molar-refractivity contribution < 1.29 is 13.9 Å². The second kappa shape index (κ2) is 7.93. The van der Waals surface area contributed by atoms with Gasteiger partial charge in [0.2, 0.25) is 0 Å². The van der Waals surface area contributed by atoms with Crippen LogP contribution in [0, 0.1) is 5.82 Å². The maximum atomic E-state index is 13.5. The number of hydrogen-bond acceptors (Lipinski definition) is 3. The number of morpholine rings is 1. The molecular weight excluding hydrogens is 375 g/mol. The van der Waals surface area contributed by atoms with E-state index in [0.29, 0.717) is 16.6 Å². The first-order valence-corrected chi connectivity index (χ1v) is 9.45. The Hall–Kier alpha value is -0.980. The molecule has 0 radical (unpaired) electrons. The molecule has 0 spiro atoms. The van der Waals surface area contributed by atoms with Gasteiger partial charge in [-0.2, -0.15) is 0 Å². The van der Waals surface area contributed by atoms with Gasteiger partial charge in [-0.3, -0.25) is 9.69 Å². The lowest BCUT2D eigenvalue weighted by atomic mass is 9.79. The molecule has 0 unspecified atom stereocenters. The topological polar surface area (TPSA) is 41.6 Å². The van der Waals surface area contributed by atoms with Crippen molar-refractivity contribution in [2.24, 2.45) is 0 Å². The number of ether oxygens (including phenoxy) is 1. The fraction of sp³-hybridized carbons (Fsp3) is 0.611. The summed E-state index contributed by atoms with van der Waals surface area (Å²) in [6, 6.07) is 4.29. The number of nitrogens with one attached hydrogen (secondary N) is 1. The third-order valence-corrected chi connectivity index (χ3v) is 5.63. The smallest absolute Gasteiger partial charge is 0.251 e. The first-order chi connectivity index (χ1) is 11.6. The number of nitrogens with zero attached hydrogens (tertiary/aromatic N) is 1. The van der Waals surface area contributed by atoms with Crippen LogP contribution in [0.15, 0.2) is 22.7 Å². The molecule has 0 aromatic heterocycles. The number of hydrogen-bond donors (Lipinski definition) is 1.